The third-order valence-electron chi connectivity index (χ3n) is 5.21. The van der Waals surface area contributed by atoms with E-state index in [-0.39, 0.29) is 11.4 Å². The van der Waals surface area contributed by atoms with Gasteiger partial charge in [0.05, 0.1) is 18.4 Å². The Bertz CT molecular complexity index is 1450. The van der Waals surface area contributed by atoms with E-state index in [2.05, 4.69) is 27.4 Å². The lowest BCUT2D eigenvalue weighted by Gasteiger charge is -2.13. The quantitative estimate of drug-likeness (QED) is 0.219. The fourth-order valence-corrected chi connectivity index (χ4v) is 5.03. The minimum atomic E-state index is 0.109. The highest BCUT2D eigenvalue weighted by Crippen LogP contribution is 2.37. The molecule has 0 unspecified atom stereocenters. The number of hydrogen-bond donors (Lipinski definition) is 3. The van der Waals surface area contributed by atoms with Crippen LogP contribution in [0.2, 0.25) is 0 Å². The second kappa shape index (κ2) is 14.0. The molecule has 0 saturated carbocycles. The molecule has 0 aliphatic carbocycles. The van der Waals surface area contributed by atoms with E-state index in [0.717, 1.165) is 39.8 Å². The zero-order valence-corrected chi connectivity index (χ0v) is 23.0. The normalized spacial score (nSPS) is 10.1. The van der Waals surface area contributed by atoms with Crippen LogP contribution >= 0.6 is 23.1 Å². The number of thioether (sulfide) groups is 1. The third-order valence-corrected chi connectivity index (χ3v) is 7.02. The van der Waals surface area contributed by atoms with Crippen LogP contribution in [0.3, 0.4) is 0 Å². The van der Waals surface area contributed by atoms with Crippen LogP contribution in [0, 0.1) is 29.6 Å². The average Bonchev–Trinajstić information content (AvgIpc) is 3.39. The van der Waals surface area contributed by atoms with Crippen LogP contribution in [0.25, 0.3) is 11.1 Å². The van der Waals surface area contributed by atoms with Crippen LogP contribution in [-0.2, 0) is 5.75 Å². The summed E-state index contributed by atoms with van der Waals surface area (Å²) in [5.74, 6) is 1.37. The van der Waals surface area contributed by atoms with Gasteiger partial charge in [-0.2, -0.15) is 10.5 Å². The maximum Gasteiger partial charge on any atom is 0.187 e. The van der Waals surface area contributed by atoms with E-state index >= 15 is 0 Å². The molecule has 0 saturated heterocycles. The molecule has 8 nitrogen and oxygen atoms in total. The molecule has 0 fully saturated rings. The van der Waals surface area contributed by atoms with Crippen LogP contribution in [0.4, 0.5) is 16.6 Å². The van der Waals surface area contributed by atoms with Crippen LogP contribution in [-0.4, -0.2) is 28.8 Å². The standard InChI is InChI=1S/C25H20N6OS2.C3H8O/c1-15-6-8-16(9-7-15)22-20(11-26)23(28)31-24(21(22)12-27)33-13-18-14-34-25(30-18)29-17-4-3-5-19(10-17)32-2;1-2-3-4/h3-10,14H,13H2,1-2H3,(H2,28,31)(H,29,30);4H,2-3H2,1H3. The molecule has 0 aliphatic rings. The van der Waals surface area contributed by atoms with Gasteiger partial charge in [-0.15, -0.1) is 11.3 Å². The molecule has 0 bridgehead atoms. The van der Waals surface area contributed by atoms with Crippen LogP contribution in [0.5, 0.6) is 5.75 Å². The number of nitrogen functional groups attached to an aromatic ring is 1. The number of rotatable bonds is 8. The molecule has 0 aliphatic heterocycles. The summed E-state index contributed by atoms with van der Waals surface area (Å²) in [4.78, 5) is 9.00. The maximum atomic E-state index is 9.95. The first kappa shape index (κ1) is 28.5. The van der Waals surface area contributed by atoms with E-state index in [4.69, 9.17) is 15.6 Å². The van der Waals surface area contributed by atoms with Crippen molar-refractivity contribution in [3.8, 4) is 29.0 Å². The number of thiazole rings is 1. The van der Waals surface area contributed by atoms with Crippen LogP contribution in [0.1, 0.15) is 35.7 Å². The summed E-state index contributed by atoms with van der Waals surface area (Å²) in [5, 5.41) is 34.0. The lowest BCUT2D eigenvalue weighted by molar-refractivity contribution is 0.295. The first-order chi connectivity index (χ1) is 18.4. The van der Waals surface area contributed by atoms with E-state index in [0.29, 0.717) is 28.5 Å². The topological polar surface area (TPSA) is 141 Å². The first-order valence-corrected chi connectivity index (χ1v) is 13.6. The number of aryl methyl sites for hydroxylation is 1. The van der Waals surface area contributed by atoms with Crippen molar-refractivity contribution in [2.75, 3.05) is 24.8 Å². The minimum absolute atomic E-state index is 0.109. The number of nitrogens with two attached hydrogens (primary N) is 1. The fraction of sp³-hybridized carbons (Fsp3) is 0.214. The Hall–Kier alpha value is -4.09. The summed E-state index contributed by atoms with van der Waals surface area (Å²) < 4.78 is 5.26. The number of aromatic nitrogens is 2. The van der Waals surface area contributed by atoms with E-state index in [1.807, 2.05) is 67.8 Å². The smallest absolute Gasteiger partial charge is 0.187 e. The summed E-state index contributed by atoms with van der Waals surface area (Å²) >= 11 is 2.85. The molecule has 4 N–H and O–H groups in total. The number of nitriles is 2. The molecule has 10 heteroatoms. The molecule has 4 aromatic rings. The van der Waals surface area contributed by atoms with Crippen molar-refractivity contribution >= 4 is 39.7 Å². The van der Waals surface area contributed by atoms with Crippen molar-refractivity contribution < 1.29 is 9.84 Å². The molecular weight excluding hydrogens is 516 g/mol. The molecule has 0 amide bonds. The second-order valence-corrected chi connectivity index (χ2v) is 9.85. The number of aliphatic hydroxyl groups excluding tert-OH is 1. The highest BCUT2D eigenvalue weighted by molar-refractivity contribution is 7.98. The SMILES string of the molecule is CCCO.COc1cccc(Nc2nc(CSc3nc(N)c(C#N)c(-c4ccc(C)cc4)c3C#N)cs2)c1. The van der Waals surface area contributed by atoms with Gasteiger partial charge in [-0.05, 0) is 31.0 Å². The van der Waals surface area contributed by atoms with Crippen molar-refractivity contribution in [2.45, 2.75) is 31.0 Å². The molecule has 194 valence electrons. The van der Waals surface area contributed by atoms with Gasteiger partial charge in [0, 0.05) is 35.1 Å². The molecule has 4 rings (SSSR count). The number of anilines is 3. The highest BCUT2D eigenvalue weighted by Gasteiger charge is 2.20. The summed E-state index contributed by atoms with van der Waals surface area (Å²) in [7, 11) is 1.63. The van der Waals surface area contributed by atoms with Gasteiger partial charge < -0.3 is 20.9 Å². The Morgan fingerprint density at radius 2 is 1.82 bits per heavy atom. The number of nitrogens with one attached hydrogen (secondary N) is 1. The van der Waals surface area contributed by atoms with Crippen molar-refractivity contribution in [1.29, 1.82) is 10.5 Å². The summed E-state index contributed by atoms with van der Waals surface area (Å²) in [6, 6.07) is 19.6. The molecule has 0 spiro atoms. The first-order valence-electron chi connectivity index (χ1n) is 11.7. The lowest BCUT2D eigenvalue weighted by atomic mass is 9.96. The average molecular weight is 545 g/mol. The number of nitrogens with zero attached hydrogens (tertiary/aromatic N) is 4. The van der Waals surface area contributed by atoms with E-state index in [9.17, 15) is 10.5 Å². The van der Waals surface area contributed by atoms with Gasteiger partial charge in [0.1, 0.15) is 34.3 Å². The Morgan fingerprint density at radius 1 is 1.11 bits per heavy atom. The fourth-order valence-electron chi connectivity index (χ4n) is 3.31. The van der Waals surface area contributed by atoms with Gasteiger partial charge in [0.15, 0.2) is 5.13 Å². The minimum Gasteiger partial charge on any atom is -0.497 e. The van der Waals surface area contributed by atoms with Gasteiger partial charge in [-0.3, -0.25) is 0 Å². The number of ether oxygens (including phenoxy) is 1. The lowest BCUT2D eigenvalue weighted by Crippen LogP contribution is -2.03. The third kappa shape index (κ3) is 7.24. The van der Waals surface area contributed by atoms with Gasteiger partial charge >= 0.3 is 0 Å². The Labute approximate surface area is 230 Å². The number of methoxy groups -OCH3 is 1. The molecule has 0 radical (unpaired) electrons. The van der Waals surface area contributed by atoms with E-state index < -0.39 is 0 Å². The van der Waals surface area contributed by atoms with Crippen molar-refractivity contribution in [3.05, 3.63) is 76.3 Å². The van der Waals surface area contributed by atoms with Crippen LogP contribution in [0.15, 0.2) is 58.9 Å². The van der Waals surface area contributed by atoms with Gasteiger partial charge in [0.25, 0.3) is 0 Å². The Morgan fingerprint density at radius 3 is 2.45 bits per heavy atom. The predicted octanol–water partition coefficient (Wildman–Crippen LogP) is 6.27. The molecule has 2 heterocycles. The molecular formula is C28H28N6O2S2. The summed E-state index contributed by atoms with van der Waals surface area (Å²) in [6.45, 7) is 4.23. The maximum absolute atomic E-state index is 9.95. The zero-order valence-electron chi connectivity index (χ0n) is 21.4. The monoisotopic (exact) mass is 544 g/mol. The van der Waals surface area contributed by atoms with Gasteiger partial charge in [-0.25, -0.2) is 9.97 Å². The summed E-state index contributed by atoms with van der Waals surface area (Å²) in [5.41, 5.74) is 10.7. The Balaban J connectivity index is 0.000000934. The zero-order chi connectivity index (χ0) is 27.5. The van der Waals surface area contributed by atoms with Gasteiger partial charge in [-0.1, -0.05) is 54.6 Å². The number of pyridine rings is 1. The summed E-state index contributed by atoms with van der Waals surface area (Å²) in [6.07, 6.45) is 0.875. The largest absolute Gasteiger partial charge is 0.497 e. The molecule has 2 aromatic carbocycles. The highest BCUT2D eigenvalue weighted by atomic mass is 32.2. The molecule has 0 atom stereocenters. The number of aliphatic hydroxyl groups is 1. The van der Waals surface area contributed by atoms with E-state index in [1.165, 1.54) is 23.1 Å². The number of benzene rings is 2. The molecule has 38 heavy (non-hydrogen) atoms. The molecule has 2 aromatic heterocycles. The predicted molar refractivity (Wildman–Crippen MR) is 154 cm³/mol. The van der Waals surface area contributed by atoms with E-state index in [1.54, 1.807) is 7.11 Å². The van der Waals surface area contributed by atoms with Crippen molar-refractivity contribution in [1.82, 2.24) is 9.97 Å². The Kier molecular flexibility index (Phi) is 10.5. The van der Waals surface area contributed by atoms with Crippen LogP contribution < -0.4 is 15.8 Å². The van der Waals surface area contributed by atoms with Gasteiger partial charge in [0.2, 0.25) is 0 Å². The van der Waals surface area contributed by atoms with Crippen molar-refractivity contribution in [3.63, 3.8) is 0 Å². The van der Waals surface area contributed by atoms with Crippen molar-refractivity contribution in [2.24, 2.45) is 0 Å². The second-order valence-electron chi connectivity index (χ2n) is 8.03. The number of hydrogen-bond acceptors (Lipinski definition) is 10.